The van der Waals surface area contributed by atoms with Crippen LogP contribution in [0.1, 0.15) is 31.0 Å². The highest BCUT2D eigenvalue weighted by molar-refractivity contribution is 5.25. The van der Waals surface area contributed by atoms with Crippen LogP contribution >= 0.6 is 0 Å². The third-order valence-corrected chi connectivity index (χ3v) is 2.34. The van der Waals surface area contributed by atoms with Crippen molar-refractivity contribution in [3.63, 3.8) is 0 Å². The molecule has 0 aliphatic rings. The van der Waals surface area contributed by atoms with Crippen LogP contribution in [0, 0.1) is 0 Å². The third kappa shape index (κ3) is 3.86. The lowest BCUT2D eigenvalue weighted by molar-refractivity contribution is 0.281. The van der Waals surface area contributed by atoms with Crippen molar-refractivity contribution < 1.29 is 5.11 Å². The second-order valence-electron chi connectivity index (χ2n) is 3.96. The molecule has 0 aliphatic heterocycles. The fourth-order valence-corrected chi connectivity index (χ4v) is 1.41. The maximum absolute atomic E-state index is 9.03. The summed E-state index contributed by atoms with van der Waals surface area (Å²) in [5, 5.41) is 12.4. The Morgan fingerprint density at radius 3 is 2.87 bits per heavy atom. The number of hydrogen-bond acceptors (Lipinski definition) is 2. The molecule has 0 fully saturated rings. The molecule has 2 N–H and O–H groups in total. The summed E-state index contributed by atoms with van der Waals surface area (Å²) >= 11 is 0. The Kier molecular flexibility index (Phi) is 4.53. The van der Waals surface area contributed by atoms with E-state index in [0.29, 0.717) is 0 Å². The first-order valence-electron chi connectivity index (χ1n) is 5.21. The number of hydrogen-bond donors (Lipinski definition) is 2. The summed E-state index contributed by atoms with van der Waals surface area (Å²) in [6.45, 7) is 8.89. The summed E-state index contributed by atoms with van der Waals surface area (Å²) in [6.07, 6.45) is 0. The van der Waals surface area contributed by atoms with Crippen molar-refractivity contribution in [2.45, 2.75) is 26.5 Å². The second-order valence-corrected chi connectivity index (χ2v) is 3.96. The highest BCUT2D eigenvalue weighted by Gasteiger charge is 2.04. The summed E-state index contributed by atoms with van der Waals surface area (Å²) in [4.78, 5) is 0. The molecule has 0 heterocycles. The predicted molar refractivity (Wildman–Crippen MR) is 63.6 cm³/mol. The second kappa shape index (κ2) is 5.69. The highest BCUT2D eigenvalue weighted by Crippen LogP contribution is 2.14. The average molecular weight is 205 g/mol. The Morgan fingerprint density at radius 1 is 1.53 bits per heavy atom. The molecule has 0 radical (unpaired) electrons. The lowest BCUT2D eigenvalue weighted by atomic mass is 10.1. The van der Waals surface area contributed by atoms with Gasteiger partial charge in [-0.1, -0.05) is 36.4 Å². The van der Waals surface area contributed by atoms with E-state index in [2.05, 4.69) is 24.9 Å². The minimum atomic E-state index is 0.0983. The van der Waals surface area contributed by atoms with E-state index < -0.39 is 0 Å². The fourth-order valence-electron chi connectivity index (χ4n) is 1.41. The van der Waals surface area contributed by atoms with Crippen LogP contribution in [0.4, 0.5) is 0 Å². The first-order chi connectivity index (χ1) is 7.13. The van der Waals surface area contributed by atoms with Crippen LogP contribution in [0.5, 0.6) is 0 Å². The van der Waals surface area contributed by atoms with Crippen LogP contribution in [0.3, 0.4) is 0 Å². The van der Waals surface area contributed by atoms with Gasteiger partial charge in [0.1, 0.15) is 0 Å². The Morgan fingerprint density at radius 2 is 2.27 bits per heavy atom. The highest BCUT2D eigenvalue weighted by atomic mass is 16.3. The number of rotatable bonds is 5. The van der Waals surface area contributed by atoms with Gasteiger partial charge in [-0.3, -0.25) is 0 Å². The van der Waals surface area contributed by atoms with Crippen LogP contribution < -0.4 is 5.32 Å². The van der Waals surface area contributed by atoms with Crippen molar-refractivity contribution in [3.8, 4) is 0 Å². The predicted octanol–water partition coefficient (Wildman–Crippen LogP) is 2.41. The zero-order valence-electron chi connectivity index (χ0n) is 9.46. The Balaban J connectivity index is 2.64. The topological polar surface area (TPSA) is 32.3 Å². The van der Waals surface area contributed by atoms with Gasteiger partial charge in [0.2, 0.25) is 0 Å². The summed E-state index contributed by atoms with van der Waals surface area (Å²) in [5.74, 6) is 0. The molecular weight excluding hydrogens is 186 g/mol. The summed E-state index contributed by atoms with van der Waals surface area (Å²) in [6, 6.07) is 8.27. The molecule has 0 bridgehead atoms. The smallest absolute Gasteiger partial charge is 0.0681 e. The molecule has 0 spiro atoms. The zero-order chi connectivity index (χ0) is 11.3. The standard InChI is InChI=1S/C13H19NO/c1-10(2)8-14-11(3)13-6-4-5-12(7-13)9-15/h4-7,11,14-15H,1,8-9H2,2-3H3. The minimum Gasteiger partial charge on any atom is -0.392 e. The maximum Gasteiger partial charge on any atom is 0.0681 e. The Bertz CT molecular complexity index is 333. The van der Waals surface area contributed by atoms with E-state index >= 15 is 0 Å². The first-order valence-corrected chi connectivity index (χ1v) is 5.21. The van der Waals surface area contributed by atoms with Crippen molar-refractivity contribution >= 4 is 0 Å². The first kappa shape index (κ1) is 12.0. The van der Waals surface area contributed by atoms with E-state index in [9.17, 15) is 0 Å². The average Bonchev–Trinajstić information content (AvgIpc) is 2.26. The van der Waals surface area contributed by atoms with Crippen LogP contribution in [-0.4, -0.2) is 11.7 Å². The van der Waals surface area contributed by atoms with Gasteiger partial charge in [-0.2, -0.15) is 0 Å². The molecule has 0 aromatic heterocycles. The number of aliphatic hydroxyl groups is 1. The van der Waals surface area contributed by atoms with E-state index in [1.165, 1.54) is 5.56 Å². The fraction of sp³-hybridized carbons (Fsp3) is 0.385. The van der Waals surface area contributed by atoms with Gasteiger partial charge in [0.25, 0.3) is 0 Å². The van der Waals surface area contributed by atoms with Gasteiger partial charge in [-0.05, 0) is 25.0 Å². The van der Waals surface area contributed by atoms with E-state index in [-0.39, 0.29) is 12.6 Å². The quantitative estimate of drug-likeness (QED) is 0.723. The molecule has 1 rings (SSSR count). The lowest BCUT2D eigenvalue weighted by Crippen LogP contribution is -2.20. The Hall–Kier alpha value is -1.12. The van der Waals surface area contributed by atoms with Crippen molar-refractivity contribution in [2.24, 2.45) is 0 Å². The van der Waals surface area contributed by atoms with E-state index in [1.807, 2.05) is 25.1 Å². The summed E-state index contributed by atoms with van der Waals surface area (Å²) in [5.41, 5.74) is 3.28. The number of nitrogens with one attached hydrogen (secondary N) is 1. The summed E-state index contributed by atoms with van der Waals surface area (Å²) in [7, 11) is 0. The van der Waals surface area contributed by atoms with Crippen molar-refractivity contribution in [2.75, 3.05) is 6.54 Å². The molecule has 0 amide bonds. The molecule has 82 valence electrons. The van der Waals surface area contributed by atoms with Crippen LogP contribution in [0.25, 0.3) is 0 Å². The molecule has 1 unspecified atom stereocenters. The van der Waals surface area contributed by atoms with Crippen LogP contribution in [0.2, 0.25) is 0 Å². The molecule has 0 aliphatic carbocycles. The van der Waals surface area contributed by atoms with Gasteiger partial charge in [-0.15, -0.1) is 0 Å². The van der Waals surface area contributed by atoms with Gasteiger partial charge >= 0.3 is 0 Å². The minimum absolute atomic E-state index is 0.0983. The van der Waals surface area contributed by atoms with Gasteiger partial charge < -0.3 is 10.4 Å². The molecular formula is C13H19NO. The third-order valence-electron chi connectivity index (χ3n) is 2.34. The zero-order valence-corrected chi connectivity index (χ0v) is 9.46. The molecule has 1 aromatic carbocycles. The SMILES string of the molecule is C=C(C)CNC(C)c1cccc(CO)c1. The van der Waals surface area contributed by atoms with Crippen LogP contribution in [0.15, 0.2) is 36.4 Å². The van der Waals surface area contributed by atoms with E-state index in [4.69, 9.17) is 5.11 Å². The molecule has 1 atom stereocenters. The maximum atomic E-state index is 9.03. The van der Waals surface area contributed by atoms with Gasteiger partial charge in [0.05, 0.1) is 6.61 Å². The van der Waals surface area contributed by atoms with E-state index in [0.717, 1.165) is 17.7 Å². The van der Waals surface area contributed by atoms with Crippen molar-refractivity contribution in [3.05, 3.63) is 47.5 Å². The molecule has 0 saturated heterocycles. The number of benzene rings is 1. The van der Waals surface area contributed by atoms with Gasteiger partial charge in [0.15, 0.2) is 0 Å². The van der Waals surface area contributed by atoms with Gasteiger partial charge in [0, 0.05) is 12.6 Å². The largest absolute Gasteiger partial charge is 0.392 e. The molecule has 2 heteroatoms. The van der Waals surface area contributed by atoms with Crippen LogP contribution in [-0.2, 0) is 6.61 Å². The molecule has 15 heavy (non-hydrogen) atoms. The Labute approximate surface area is 91.6 Å². The lowest BCUT2D eigenvalue weighted by Gasteiger charge is -2.14. The van der Waals surface area contributed by atoms with Gasteiger partial charge in [-0.25, -0.2) is 0 Å². The molecule has 0 saturated carbocycles. The molecule has 2 nitrogen and oxygen atoms in total. The van der Waals surface area contributed by atoms with E-state index in [1.54, 1.807) is 0 Å². The molecule has 1 aromatic rings. The van der Waals surface area contributed by atoms with Crippen molar-refractivity contribution in [1.82, 2.24) is 5.32 Å². The van der Waals surface area contributed by atoms with Crippen molar-refractivity contribution in [1.29, 1.82) is 0 Å². The number of aliphatic hydroxyl groups excluding tert-OH is 1. The normalized spacial score (nSPS) is 12.5. The monoisotopic (exact) mass is 205 g/mol. The summed E-state index contributed by atoms with van der Waals surface area (Å²) < 4.78 is 0.